The van der Waals surface area contributed by atoms with E-state index in [0.717, 1.165) is 104 Å². The predicted octanol–water partition coefficient (Wildman–Crippen LogP) is 7.72. The second-order valence-electron chi connectivity index (χ2n) is 17.2. The molecule has 65 heavy (non-hydrogen) atoms. The molecule has 10 rings (SSSR count). The summed E-state index contributed by atoms with van der Waals surface area (Å²) >= 11 is 0. The van der Waals surface area contributed by atoms with E-state index < -0.39 is 0 Å². The summed E-state index contributed by atoms with van der Waals surface area (Å²) in [7, 11) is 4.28. The largest absolute Gasteiger partial charge is 0.362 e. The zero-order valence-electron chi connectivity index (χ0n) is 37.6. The van der Waals surface area contributed by atoms with E-state index in [4.69, 9.17) is 9.97 Å². The molecule has 332 valence electrons. The highest BCUT2D eigenvalue weighted by Gasteiger charge is 2.21. The third kappa shape index (κ3) is 10.4. The van der Waals surface area contributed by atoms with Crippen LogP contribution >= 0.6 is 0 Å². The van der Waals surface area contributed by atoms with Crippen LogP contribution in [0.25, 0.3) is 33.6 Å². The van der Waals surface area contributed by atoms with Crippen molar-refractivity contribution >= 4 is 39.5 Å². The summed E-state index contributed by atoms with van der Waals surface area (Å²) in [5.74, 6) is 3.04. The number of benzene rings is 4. The summed E-state index contributed by atoms with van der Waals surface area (Å²) in [6, 6.07) is 35.3. The maximum atomic E-state index is 13.0. The van der Waals surface area contributed by atoms with Gasteiger partial charge in [-0.1, -0.05) is 66.7 Å². The van der Waals surface area contributed by atoms with Gasteiger partial charge in [0.05, 0.1) is 41.3 Å². The van der Waals surface area contributed by atoms with E-state index in [1.165, 1.54) is 16.7 Å². The van der Waals surface area contributed by atoms with Crippen LogP contribution in [-0.4, -0.2) is 126 Å². The maximum Gasteiger partial charge on any atom is 0.253 e. The average Bonchev–Trinajstić information content (AvgIpc) is 3.98. The van der Waals surface area contributed by atoms with Crippen molar-refractivity contribution in [1.82, 2.24) is 53.7 Å². The predicted molar refractivity (Wildman–Crippen MR) is 259 cm³/mol. The molecule has 14 heteroatoms. The number of likely N-dealkylation sites (N-methyl/N-ethyl adjacent to an activating group) is 2. The highest BCUT2D eigenvalue weighted by atomic mass is 16.2. The SMILES string of the molecule is C[C@H](Nc1cncc(-n2ccc3cc(C(=O)N4CCN(C)CC4)ccc32)n1)c1ccccc1.C[C@H](Nc1cncc(-n2cnc3cc(CN4CCN(C)CC4)ccc32)n1)c1ccccc1. The minimum atomic E-state index is 0.0960. The third-order valence-electron chi connectivity index (χ3n) is 12.4. The Morgan fingerprint density at radius 2 is 1.18 bits per heavy atom. The van der Waals surface area contributed by atoms with Gasteiger partial charge in [0.2, 0.25) is 0 Å². The molecule has 2 aliphatic rings. The molecule has 2 fully saturated rings. The fraction of sp³-hybridized carbons (Fsp3) is 0.294. The van der Waals surface area contributed by atoms with Crippen molar-refractivity contribution in [2.24, 2.45) is 0 Å². The Bertz CT molecular complexity index is 2830. The lowest BCUT2D eigenvalue weighted by atomic mass is 10.1. The van der Waals surface area contributed by atoms with Gasteiger partial charge in [-0.2, -0.15) is 0 Å². The fourth-order valence-electron chi connectivity index (χ4n) is 8.45. The lowest BCUT2D eigenvalue weighted by Gasteiger charge is -2.32. The van der Waals surface area contributed by atoms with Crippen molar-refractivity contribution in [3.8, 4) is 11.6 Å². The van der Waals surface area contributed by atoms with Crippen molar-refractivity contribution in [3.63, 3.8) is 0 Å². The number of hydrogen-bond donors (Lipinski definition) is 2. The summed E-state index contributed by atoms with van der Waals surface area (Å²) in [5.41, 5.74) is 7.43. The van der Waals surface area contributed by atoms with E-state index in [1.54, 1.807) is 24.8 Å². The topological polar surface area (TPSA) is 128 Å². The first-order valence-electron chi connectivity index (χ1n) is 22.5. The summed E-state index contributed by atoms with van der Waals surface area (Å²) in [6.07, 6.45) is 10.8. The molecular formula is C51H57N13O. The summed E-state index contributed by atoms with van der Waals surface area (Å²) in [6.45, 7) is 13.0. The molecular weight excluding hydrogens is 811 g/mol. The Labute approximate surface area is 380 Å². The van der Waals surface area contributed by atoms with Crippen LogP contribution in [0.15, 0.2) is 140 Å². The Balaban J connectivity index is 0.000000164. The number of aromatic nitrogens is 7. The molecule has 0 spiro atoms. The van der Waals surface area contributed by atoms with Crippen LogP contribution in [0.4, 0.5) is 11.6 Å². The quantitative estimate of drug-likeness (QED) is 0.133. The van der Waals surface area contributed by atoms with Crippen LogP contribution in [0.2, 0.25) is 0 Å². The molecule has 0 saturated carbocycles. The van der Waals surface area contributed by atoms with Gasteiger partial charge in [-0.25, -0.2) is 15.0 Å². The zero-order chi connectivity index (χ0) is 44.7. The van der Waals surface area contributed by atoms with Gasteiger partial charge in [0.15, 0.2) is 11.6 Å². The van der Waals surface area contributed by atoms with Crippen molar-refractivity contribution in [2.45, 2.75) is 32.5 Å². The van der Waals surface area contributed by atoms with Gasteiger partial charge in [0.25, 0.3) is 5.91 Å². The molecule has 0 radical (unpaired) electrons. The van der Waals surface area contributed by atoms with E-state index in [1.807, 2.05) is 87.2 Å². The van der Waals surface area contributed by atoms with E-state index in [-0.39, 0.29) is 18.0 Å². The summed E-state index contributed by atoms with van der Waals surface area (Å²) < 4.78 is 4.01. The average molecular weight is 868 g/mol. The number of imidazole rings is 1. The van der Waals surface area contributed by atoms with Crippen LogP contribution < -0.4 is 10.6 Å². The van der Waals surface area contributed by atoms with Gasteiger partial charge in [-0.3, -0.25) is 28.8 Å². The molecule has 0 bridgehead atoms. The first-order chi connectivity index (χ1) is 31.7. The summed E-state index contributed by atoms with van der Waals surface area (Å²) in [5, 5.41) is 7.89. The minimum absolute atomic E-state index is 0.0960. The van der Waals surface area contributed by atoms with E-state index >= 15 is 0 Å². The molecule has 2 atom stereocenters. The van der Waals surface area contributed by atoms with Gasteiger partial charge in [0, 0.05) is 88.1 Å². The number of carbonyl (C=O) groups is 1. The number of carbonyl (C=O) groups excluding carboxylic acids is 1. The smallest absolute Gasteiger partial charge is 0.253 e. The van der Waals surface area contributed by atoms with Crippen LogP contribution in [-0.2, 0) is 6.54 Å². The first-order valence-corrected chi connectivity index (χ1v) is 22.5. The molecule has 6 heterocycles. The molecule has 8 aromatic rings. The zero-order valence-corrected chi connectivity index (χ0v) is 37.6. The van der Waals surface area contributed by atoms with E-state index in [0.29, 0.717) is 5.82 Å². The number of rotatable bonds is 11. The molecule has 2 saturated heterocycles. The lowest BCUT2D eigenvalue weighted by molar-refractivity contribution is 0.0664. The molecule has 4 aromatic carbocycles. The molecule has 2 aliphatic heterocycles. The molecule has 0 unspecified atom stereocenters. The van der Waals surface area contributed by atoms with Gasteiger partial charge in [-0.15, -0.1) is 0 Å². The Morgan fingerprint density at radius 1 is 0.615 bits per heavy atom. The highest BCUT2D eigenvalue weighted by Crippen LogP contribution is 2.25. The Kier molecular flexibility index (Phi) is 13.2. The molecule has 14 nitrogen and oxygen atoms in total. The lowest BCUT2D eigenvalue weighted by Crippen LogP contribution is -2.47. The molecule has 0 aliphatic carbocycles. The Hall–Kier alpha value is -7.00. The van der Waals surface area contributed by atoms with Crippen molar-refractivity contribution in [3.05, 3.63) is 163 Å². The number of fused-ring (bicyclic) bond motifs is 2. The number of hydrogen-bond acceptors (Lipinski definition) is 11. The number of anilines is 2. The van der Waals surface area contributed by atoms with Crippen molar-refractivity contribution in [1.29, 1.82) is 0 Å². The first kappa shape index (κ1) is 43.3. The number of piperazine rings is 2. The standard InChI is InChI=1S/C26H28N6O.C25H29N7/c1-19(20-6-4-3-5-7-20)28-24-17-27-18-25(29-24)32-11-10-21-16-22(8-9-23(21)32)26(33)31-14-12-30(2)13-15-31;1-19(21-6-4-3-5-7-21)28-24-15-26-16-25(29-24)32-18-27-22-14-20(8-9-23(22)32)17-31-12-10-30(2)11-13-31/h3-11,16-19H,12-15H2,1-2H3,(H,28,29);3-9,14-16,18-19H,10-13,17H2,1-2H3,(H,28,29)/t2*19-/m00/s1. The van der Waals surface area contributed by atoms with Crippen LogP contribution in [0.3, 0.4) is 0 Å². The van der Waals surface area contributed by atoms with E-state index in [9.17, 15) is 4.79 Å². The fourth-order valence-corrected chi connectivity index (χ4v) is 8.45. The molecule has 2 N–H and O–H groups in total. The Morgan fingerprint density at radius 3 is 1.80 bits per heavy atom. The normalized spacial score (nSPS) is 15.9. The second-order valence-corrected chi connectivity index (χ2v) is 17.2. The van der Waals surface area contributed by atoms with Crippen LogP contribution in [0.5, 0.6) is 0 Å². The number of nitrogens with zero attached hydrogens (tertiary/aromatic N) is 11. The van der Waals surface area contributed by atoms with Gasteiger partial charge >= 0.3 is 0 Å². The van der Waals surface area contributed by atoms with E-state index in [2.05, 4.69) is 111 Å². The summed E-state index contributed by atoms with van der Waals surface area (Å²) in [4.78, 5) is 45.1. The van der Waals surface area contributed by atoms with Crippen LogP contribution in [0, 0.1) is 0 Å². The van der Waals surface area contributed by atoms with Gasteiger partial charge in [0.1, 0.15) is 18.0 Å². The van der Waals surface area contributed by atoms with Gasteiger partial charge in [-0.05, 0) is 81.0 Å². The number of amides is 1. The van der Waals surface area contributed by atoms with Gasteiger partial charge < -0.3 is 25.3 Å². The van der Waals surface area contributed by atoms with Crippen molar-refractivity contribution < 1.29 is 4.79 Å². The monoisotopic (exact) mass is 867 g/mol. The second kappa shape index (κ2) is 19.8. The van der Waals surface area contributed by atoms with Crippen LogP contribution in [0.1, 0.15) is 53.0 Å². The highest BCUT2D eigenvalue weighted by molar-refractivity contribution is 5.98. The van der Waals surface area contributed by atoms with Crippen molar-refractivity contribution in [2.75, 3.05) is 77.1 Å². The maximum absolute atomic E-state index is 13.0. The molecule has 4 aromatic heterocycles. The number of nitrogens with one attached hydrogen (secondary N) is 2. The minimum Gasteiger partial charge on any atom is -0.362 e. The third-order valence-corrected chi connectivity index (χ3v) is 12.4. The molecule has 1 amide bonds.